The molecular weight excluding hydrogens is 588 g/mol. The van der Waals surface area contributed by atoms with E-state index in [4.69, 9.17) is 32.9 Å². The van der Waals surface area contributed by atoms with Gasteiger partial charge in [0, 0.05) is 55.4 Å². The molecule has 2 saturated heterocycles. The van der Waals surface area contributed by atoms with E-state index in [1.807, 2.05) is 18.2 Å². The summed E-state index contributed by atoms with van der Waals surface area (Å²) in [4.78, 5) is 33.7. The van der Waals surface area contributed by atoms with Crippen molar-refractivity contribution in [3.63, 3.8) is 0 Å². The molecule has 12 heteroatoms. The van der Waals surface area contributed by atoms with E-state index in [9.17, 15) is 13.6 Å². The van der Waals surface area contributed by atoms with Crippen LogP contribution in [0.2, 0.25) is 5.02 Å². The van der Waals surface area contributed by atoms with Crippen molar-refractivity contribution in [1.82, 2.24) is 19.8 Å². The van der Waals surface area contributed by atoms with E-state index in [1.165, 1.54) is 11.0 Å². The second-order valence-electron chi connectivity index (χ2n) is 11.4. The van der Waals surface area contributed by atoms with E-state index in [1.54, 1.807) is 6.07 Å². The molecule has 3 aromatic rings. The Morgan fingerprint density at radius 3 is 2.73 bits per heavy atom. The molecule has 1 amide bonds. The fraction of sp³-hybridized carbons (Fsp3) is 0.438. The lowest BCUT2D eigenvalue weighted by atomic mass is 10.0. The first-order valence-electron chi connectivity index (χ1n) is 14.9. The fourth-order valence-corrected chi connectivity index (χ4v) is 6.75. The highest BCUT2D eigenvalue weighted by Crippen LogP contribution is 2.38. The van der Waals surface area contributed by atoms with Crippen molar-refractivity contribution >= 4 is 39.8 Å². The van der Waals surface area contributed by atoms with Gasteiger partial charge in [0.25, 0.3) is 5.91 Å². The monoisotopic (exact) mass is 621 g/mol. The number of rotatable bonds is 8. The molecule has 0 radical (unpaired) electrons. The average molecular weight is 622 g/mol. The molecule has 230 valence electrons. The zero-order valence-electron chi connectivity index (χ0n) is 24.6. The van der Waals surface area contributed by atoms with Gasteiger partial charge in [-0.05, 0) is 36.9 Å². The van der Waals surface area contributed by atoms with Gasteiger partial charge < -0.3 is 24.3 Å². The molecule has 2 atom stereocenters. The van der Waals surface area contributed by atoms with Gasteiger partial charge in [-0.2, -0.15) is 9.97 Å². The SMILES string of the molecule is [C-]#[N+]C[C@H]1CN(c2nc(OCC3CCN3CC)nc3c2CCN(c2cccc4ccc(F)c(Cl)c24)C3)CCN1C(=O)C(=C)F. The number of carbonyl (C=O) groups excluding carboxylic acids is 1. The van der Waals surface area contributed by atoms with E-state index in [0.29, 0.717) is 56.5 Å². The summed E-state index contributed by atoms with van der Waals surface area (Å²) < 4.78 is 34.5. The van der Waals surface area contributed by atoms with Crippen molar-refractivity contribution in [3.8, 4) is 6.01 Å². The van der Waals surface area contributed by atoms with Gasteiger partial charge in [-0.15, -0.1) is 0 Å². The number of nitrogens with zero attached hydrogens (tertiary/aromatic N) is 7. The highest BCUT2D eigenvalue weighted by Gasteiger charge is 2.36. The maximum absolute atomic E-state index is 14.5. The van der Waals surface area contributed by atoms with Crippen molar-refractivity contribution in [2.75, 3.05) is 62.2 Å². The van der Waals surface area contributed by atoms with Crippen molar-refractivity contribution in [2.45, 2.75) is 38.4 Å². The van der Waals surface area contributed by atoms with Gasteiger partial charge in [0.2, 0.25) is 6.54 Å². The van der Waals surface area contributed by atoms with Gasteiger partial charge >= 0.3 is 6.01 Å². The third-order valence-corrected chi connectivity index (χ3v) is 9.30. The summed E-state index contributed by atoms with van der Waals surface area (Å²) >= 11 is 6.47. The Morgan fingerprint density at radius 2 is 2.00 bits per heavy atom. The minimum absolute atomic E-state index is 0.0346. The zero-order valence-corrected chi connectivity index (χ0v) is 25.4. The molecular formula is C32H34ClF2N7O2. The number of anilines is 2. The largest absolute Gasteiger partial charge is 0.462 e. The number of benzene rings is 2. The lowest BCUT2D eigenvalue weighted by Gasteiger charge is -2.41. The summed E-state index contributed by atoms with van der Waals surface area (Å²) in [6, 6.07) is 8.95. The topological polar surface area (TPSA) is 69.4 Å². The summed E-state index contributed by atoms with van der Waals surface area (Å²) in [5, 5.41) is 1.60. The van der Waals surface area contributed by atoms with Gasteiger partial charge in [0.05, 0.1) is 17.3 Å². The average Bonchev–Trinajstić information content (AvgIpc) is 3.01. The van der Waals surface area contributed by atoms with Crippen LogP contribution in [0.15, 0.2) is 42.7 Å². The minimum atomic E-state index is -1.03. The smallest absolute Gasteiger partial charge is 0.318 e. The molecule has 6 rings (SSSR count). The lowest BCUT2D eigenvalue weighted by molar-refractivity contribution is -0.131. The highest BCUT2D eigenvalue weighted by atomic mass is 35.5. The first-order chi connectivity index (χ1) is 21.3. The minimum Gasteiger partial charge on any atom is -0.462 e. The summed E-state index contributed by atoms with van der Waals surface area (Å²) in [5.74, 6) is -1.58. The van der Waals surface area contributed by atoms with E-state index in [2.05, 4.69) is 33.0 Å². The molecule has 3 aliphatic heterocycles. The van der Waals surface area contributed by atoms with Crippen LogP contribution in [0.25, 0.3) is 15.6 Å². The third-order valence-electron chi connectivity index (χ3n) is 8.93. The van der Waals surface area contributed by atoms with Gasteiger partial charge in [-0.3, -0.25) is 9.69 Å². The Labute approximate surface area is 260 Å². The van der Waals surface area contributed by atoms with Crippen molar-refractivity contribution < 1.29 is 18.3 Å². The number of aromatic nitrogens is 2. The van der Waals surface area contributed by atoms with E-state index in [-0.39, 0.29) is 24.1 Å². The van der Waals surface area contributed by atoms with Crippen LogP contribution in [0.5, 0.6) is 6.01 Å². The summed E-state index contributed by atoms with van der Waals surface area (Å²) in [6.07, 6.45) is 1.65. The van der Waals surface area contributed by atoms with Crippen molar-refractivity contribution in [2.24, 2.45) is 0 Å². The molecule has 9 nitrogen and oxygen atoms in total. The highest BCUT2D eigenvalue weighted by molar-refractivity contribution is 6.36. The molecule has 1 aromatic heterocycles. The van der Waals surface area contributed by atoms with Gasteiger partial charge in [0.1, 0.15) is 24.3 Å². The third kappa shape index (κ3) is 5.64. The van der Waals surface area contributed by atoms with Crippen molar-refractivity contribution in [3.05, 3.63) is 76.3 Å². The molecule has 0 bridgehead atoms. The molecule has 0 N–H and O–H groups in total. The van der Waals surface area contributed by atoms with Crippen LogP contribution in [0, 0.1) is 12.4 Å². The number of carbonyl (C=O) groups is 1. The normalized spacial score (nSPS) is 20.2. The van der Waals surface area contributed by atoms with Gasteiger partial charge in [-0.25, -0.2) is 15.4 Å². The maximum Gasteiger partial charge on any atom is 0.318 e. The standard InChI is InChI=1S/C32H34ClF2N7O2/c1-4-39-12-10-22(39)19-44-32-37-26-18-40(27-7-5-6-21-8-9-25(35)29(33)28(21)27)13-11-24(26)30(38-32)41-14-15-42(31(43)20(2)34)23(17-41)16-36-3/h5-9,22-23H,2,4,10-19H2,1H3/t22?,23-/m0/s1. The van der Waals surface area contributed by atoms with E-state index in [0.717, 1.165) is 41.8 Å². The van der Waals surface area contributed by atoms with Crippen LogP contribution < -0.4 is 14.5 Å². The molecule has 0 spiro atoms. The fourth-order valence-electron chi connectivity index (χ4n) is 6.48. The van der Waals surface area contributed by atoms with E-state index < -0.39 is 23.6 Å². The number of hydrogen-bond donors (Lipinski definition) is 0. The predicted octanol–water partition coefficient (Wildman–Crippen LogP) is 4.88. The Hall–Kier alpha value is -4.01. The first-order valence-corrected chi connectivity index (χ1v) is 15.3. The van der Waals surface area contributed by atoms with Crippen LogP contribution in [0.1, 0.15) is 24.6 Å². The summed E-state index contributed by atoms with van der Waals surface area (Å²) in [7, 11) is 0. The number of piperazine rings is 1. The first kappa shape index (κ1) is 30.0. The number of likely N-dealkylation sites (tertiary alicyclic amines) is 1. The van der Waals surface area contributed by atoms with Crippen LogP contribution >= 0.6 is 11.6 Å². The Kier molecular flexibility index (Phi) is 8.56. The number of hydrogen-bond acceptors (Lipinski definition) is 7. The summed E-state index contributed by atoms with van der Waals surface area (Å²) in [6.45, 7) is 17.2. The van der Waals surface area contributed by atoms with Gasteiger partial charge in [-0.1, -0.05) is 43.3 Å². The molecule has 3 aliphatic rings. The molecule has 1 unspecified atom stereocenters. The lowest BCUT2D eigenvalue weighted by Crippen LogP contribution is -2.57. The maximum atomic E-state index is 14.5. The van der Waals surface area contributed by atoms with E-state index >= 15 is 0 Å². The van der Waals surface area contributed by atoms with Crippen LogP contribution in [0.4, 0.5) is 20.3 Å². The number of fused-ring (bicyclic) bond motifs is 2. The number of halogens is 3. The molecule has 0 saturated carbocycles. The summed E-state index contributed by atoms with van der Waals surface area (Å²) in [5.41, 5.74) is 2.57. The molecule has 2 aromatic carbocycles. The number of likely N-dealkylation sites (N-methyl/N-ethyl adjacent to an activating group) is 1. The Morgan fingerprint density at radius 1 is 1.16 bits per heavy atom. The zero-order chi connectivity index (χ0) is 31.0. The number of amides is 1. The van der Waals surface area contributed by atoms with Gasteiger partial charge in [0.15, 0.2) is 5.83 Å². The second kappa shape index (κ2) is 12.5. The molecule has 0 aliphatic carbocycles. The van der Waals surface area contributed by atoms with Crippen LogP contribution in [0.3, 0.4) is 0 Å². The van der Waals surface area contributed by atoms with Crippen LogP contribution in [-0.2, 0) is 17.8 Å². The van der Waals surface area contributed by atoms with Crippen molar-refractivity contribution in [1.29, 1.82) is 0 Å². The predicted molar refractivity (Wildman–Crippen MR) is 166 cm³/mol. The number of ether oxygens (including phenoxy) is 1. The molecule has 4 heterocycles. The Bertz CT molecular complexity index is 1650. The second-order valence-corrected chi connectivity index (χ2v) is 11.8. The molecule has 2 fully saturated rings. The van der Waals surface area contributed by atoms with Crippen LogP contribution in [-0.4, -0.2) is 90.2 Å². The Balaban J connectivity index is 1.34. The quantitative estimate of drug-likeness (QED) is 0.262. The molecule has 44 heavy (non-hydrogen) atoms.